The fourth-order valence-electron chi connectivity index (χ4n) is 1.72. The summed E-state index contributed by atoms with van der Waals surface area (Å²) in [5, 5.41) is 0. The van der Waals surface area contributed by atoms with Gasteiger partial charge < -0.3 is 10.3 Å². The number of hydrogen-bond donors (Lipinski definition) is 1. The van der Waals surface area contributed by atoms with Crippen LogP contribution in [0.3, 0.4) is 0 Å². The SMILES string of the molecule is Cc1ccc(Cn2cc(CN)ccc2=O)cc1. The van der Waals surface area contributed by atoms with Gasteiger partial charge in [-0.3, -0.25) is 4.79 Å². The molecule has 3 nitrogen and oxygen atoms in total. The molecule has 17 heavy (non-hydrogen) atoms. The lowest BCUT2D eigenvalue weighted by molar-refractivity contribution is 0.748. The zero-order valence-electron chi connectivity index (χ0n) is 9.89. The van der Waals surface area contributed by atoms with Crippen LogP contribution in [0.4, 0.5) is 0 Å². The number of benzene rings is 1. The molecule has 1 aromatic heterocycles. The molecule has 0 unspecified atom stereocenters. The molecule has 0 spiro atoms. The van der Waals surface area contributed by atoms with Crippen molar-refractivity contribution in [1.29, 1.82) is 0 Å². The summed E-state index contributed by atoms with van der Waals surface area (Å²) in [4.78, 5) is 11.7. The highest BCUT2D eigenvalue weighted by molar-refractivity contribution is 5.22. The van der Waals surface area contributed by atoms with Gasteiger partial charge in [0.1, 0.15) is 0 Å². The van der Waals surface area contributed by atoms with E-state index in [4.69, 9.17) is 5.73 Å². The number of hydrogen-bond acceptors (Lipinski definition) is 2. The second-order valence-corrected chi connectivity index (χ2v) is 4.19. The Labute approximate surface area is 101 Å². The molecule has 2 aromatic rings. The molecular weight excluding hydrogens is 212 g/mol. The predicted octanol–water partition coefficient (Wildman–Crippen LogP) is 1.66. The average molecular weight is 228 g/mol. The van der Waals surface area contributed by atoms with Crippen LogP contribution in [0.2, 0.25) is 0 Å². The van der Waals surface area contributed by atoms with Crippen LogP contribution < -0.4 is 11.3 Å². The molecule has 0 amide bonds. The van der Waals surface area contributed by atoms with Gasteiger partial charge in [-0.1, -0.05) is 35.9 Å². The Bertz CT molecular complexity index is 555. The minimum atomic E-state index is 0.00257. The van der Waals surface area contributed by atoms with E-state index in [9.17, 15) is 4.79 Å². The Morgan fingerprint density at radius 2 is 1.71 bits per heavy atom. The third kappa shape index (κ3) is 2.82. The van der Waals surface area contributed by atoms with Crippen LogP contribution in [-0.2, 0) is 13.1 Å². The topological polar surface area (TPSA) is 48.0 Å². The van der Waals surface area contributed by atoms with Gasteiger partial charge in [0, 0.05) is 18.8 Å². The van der Waals surface area contributed by atoms with Gasteiger partial charge in [-0.05, 0) is 18.1 Å². The van der Waals surface area contributed by atoms with Crippen molar-refractivity contribution in [2.24, 2.45) is 5.73 Å². The molecule has 0 saturated heterocycles. The first-order valence-corrected chi connectivity index (χ1v) is 5.64. The van der Waals surface area contributed by atoms with Crippen LogP contribution in [0.5, 0.6) is 0 Å². The van der Waals surface area contributed by atoms with E-state index in [2.05, 4.69) is 0 Å². The summed E-state index contributed by atoms with van der Waals surface area (Å²) in [7, 11) is 0. The van der Waals surface area contributed by atoms with E-state index in [1.54, 1.807) is 16.7 Å². The van der Waals surface area contributed by atoms with E-state index in [1.807, 2.05) is 37.4 Å². The van der Waals surface area contributed by atoms with Crippen molar-refractivity contribution in [3.05, 3.63) is 69.6 Å². The maximum absolute atomic E-state index is 11.7. The van der Waals surface area contributed by atoms with Crippen LogP contribution in [0.25, 0.3) is 0 Å². The zero-order valence-corrected chi connectivity index (χ0v) is 9.89. The van der Waals surface area contributed by atoms with E-state index >= 15 is 0 Å². The number of pyridine rings is 1. The van der Waals surface area contributed by atoms with Gasteiger partial charge in [-0.2, -0.15) is 0 Å². The van der Waals surface area contributed by atoms with Crippen LogP contribution >= 0.6 is 0 Å². The predicted molar refractivity (Wildman–Crippen MR) is 68.9 cm³/mol. The normalized spacial score (nSPS) is 10.5. The van der Waals surface area contributed by atoms with Crippen molar-refractivity contribution < 1.29 is 0 Å². The first-order chi connectivity index (χ1) is 8.19. The summed E-state index contributed by atoms with van der Waals surface area (Å²) in [5.74, 6) is 0. The molecule has 0 aliphatic heterocycles. The number of aromatic nitrogens is 1. The van der Waals surface area contributed by atoms with Crippen LogP contribution in [0.1, 0.15) is 16.7 Å². The highest BCUT2D eigenvalue weighted by atomic mass is 16.1. The average Bonchev–Trinajstić information content (AvgIpc) is 2.35. The molecule has 1 aromatic carbocycles. The number of rotatable bonds is 3. The van der Waals surface area contributed by atoms with Crippen molar-refractivity contribution in [3.63, 3.8) is 0 Å². The standard InChI is InChI=1S/C14H16N2O/c1-11-2-4-12(5-3-11)9-16-10-13(8-15)6-7-14(16)17/h2-7,10H,8-9,15H2,1H3. The Balaban J connectivity index is 2.29. The monoisotopic (exact) mass is 228 g/mol. The maximum atomic E-state index is 11.7. The number of nitrogens with zero attached hydrogens (tertiary/aromatic N) is 1. The number of nitrogens with two attached hydrogens (primary N) is 1. The van der Waals surface area contributed by atoms with E-state index in [0.717, 1.165) is 11.1 Å². The van der Waals surface area contributed by atoms with Crippen LogP contribution in [0.15, 0.2) is 47.4 Å². The first kappa shape index (κ1) is 11.6. The highest BCUT2D eigenvalue weighted by Crippen LogP contribution is 2.05. The summed E-state index contributed by atoms with van der Waals surface area (Å²) in [6, 6.07) is 11.5. The number of aryl methyl sites for hydroxylation is 1. The third-order valence-electron chi connectivity index (χ3n) is 2.75. The van der Waals surface area contributed by atoms with Gasteiger partial charge in [0.05, 0.1) is 6.54 Å². The molecule has 0 fully saturated rings. The van der Waals surface area contributed by atoms with E-state index in [1.165, 1.54) is 5.56 Å². The second-order valence-electron chi connectivity index (χ2n) is 4.19. The first-order valence-electron chi connectivity index (χ1n) is 5.64. The van der Waals surface area contributed by atoms with Gasteiger partial charge in [0.15, 0.2) is 0 Å². The van der Waals surface area contributed by atoms with Gasteiger partial charge in [-0.15, -0.1) is 0 Å². The third-order valence-corrected chi connectivity index (χ3v) is 2.75. The van der Waals surface area contributed by atoms with E-state index < -0.39 is 0 Å². The van der Waals surface area contributed by atoms with Crippen molar-refractivity contribution >= 4 is 0 Å². The molecule has 2 rings (SSSR count). The molecule has 0 radical (unpaired) electrons. The van der Waals surface area contributed by atoms with Gasteiger partial charge in [0.2, 0.25) is 0 Å². The minimum Gasteiger partial charge on any atom is -0.326 e. The molecular formula is C14H16N2O. The summed E-state index contributed by atoms with van der Waals surface area (Å²) < 4.78 is 1.69. The smallest absolute Gasteiger partial charge is 0.250 e. The molecule has 0 bridgehead atoms. The largest absolute Gasteiger partial charge is 0.326 e. The quantitative estimate of drug-likeness (QED) is 0.868. The molecule has 3 heteroatoms. The highest BCUT2D eigenvalue weighted by Gasteiger charge is 1.99. The fourth-order valence-corrected chi connectivity index (χ4v) is 1.72. The van der Waals surface area contributed by atoms with Gasteiger partial charge in [-0.25, -0.2) is 0 Å². The van der Waals surface area contributed by atoms with Crippen molar-refractivity contribution in [3.8, 4) is 0 Å². The zero-order chi connectivity index (χ0) is 12.3. The van der Waals surface area contributed by atoms with Crippen molar-refractivity contribution in [1.82, 2.24) is 4.57 Å². The Morgan fingerprint density at radius 1 is 1.06 bits per heavy atom. The fraction of sp³-hybridized carbons (Fsp3) is 0.214. The van der Waals surface area contributed by atoms with E-state index in [0.29, 0.717) is 13.1 Å². The van der Waals surface area contributed by atoms with Crippen LogP contribution in [0, 0.1) is 6.92 Å². The second kappa shape index (κ2) is 4.97. The molecule has 0 aliphatic rings. The molecule has 0 atom stereocenters. The van der Waals surface area contributed by atoms with Gasteiger partial charge >= 0.3 is 0 Å². The van der Waals surface area contributed by atoms with Crippen LogP contribution in [-0.4, -0.2) is 4.57 Å². The summed E-state index contributed by atoms with van der Waals surface area (Å²) in [5.41, 5.74) is 8.88. The lowest BCUT2D eigenvalue weighted by Crippen LogP contribution is -2.20. The summed E-state index contributed by atoms with van der Waals surface area (Å²) in [6.07, 6.45) is 1.82. The molecule has 1 heterocycles. The Kier molecular flexibility index (Phi) is 3.40. The van der Waals surface area contributed by atoms with Crippen molar-refractivity contribution in [2.45, 2.75) is 20.0 Å². The lowest BCUT2D eigenvalue weighted by Gasteiger charge is -2.07. The molecule has 0 aliphatic carbocycles. The summed E-state index contributed by atoms with van der Waals surface area (Å²) in [6.45, 7) is 3.09. The lowest BCUT2D eigenvalue weighted by atomic mass is 10.1. The maximum Gasteiger partial charge on any atom is 0.250 e. The summed E-state index contributed by atoms with van der Waals surface area (Å²) >= 11 is 0. The van der Waals surface area contributed by atoms with Crippen molar-refractivity contribution in [2.75, 3.05) is 0 Å². The molecule has 88 valence electrons. The molecule has 2 N–H and O–H groups in total. The minimum absolute atomic E-state index is 0.00257. The Hall–Kier alpha value is -1.87. The molecule has 0 saturated carbocycles. The van der Waals surface area contributed by atoms with E-state index in [-0.39, 0.29) is 5.56 Å². The Morgan fingerprint density at radius 3 is 2.35 bits per heavy atom. The van der Waals surface area contributed by atoms with Gasteiger partial charge in [0.25, 0.3) is 5.56 Å².